The third-order valence-electron chi connectivity index (χ3n) is 3.88. The SMILES string of the molecule is CCc1cc(C(=O)N[C@H](C)C2CC2)c(=O)[nH]c1CC. The highest BCUT2D eigenvalue weighted by molar-refractivity contribution is 5.94. The second-order valence-corrected chi connectivity index (χ2v) is 5.32. The molecule has 0 radical (unpaired) electrons. The maximum atomic E-state index is 12.1. The van der Waals surface area contributed by atoms with Gasteiger partial charge in [-0.3, -0.25) is 9.59 Å². The van der Waals surface area contributed by atoms with Crippen LogP contribution in [0.5, 0.6) is 0 Å². The molecule has 1 heterocycles. The van der Waals surface area contributed by atoms with Gasteiger partial charge in [-0.15, -0.1) is 0 Å². The molecule has 0 aliphatic heterocycles. The van der Waals surface area contributed by atoms with Crippen LogP contribution in [0.25, 0.3) is 0 Å². The number of H-pyrrole nitrogens is 1. The van der Waals surface area contributed by atoms with E-state index >= 15 is 0 Å². The molecule has 4 nitrogen and oxygen atoms in total. The molecular weight excluding hydrogens is 240 g/mol. The minimum absolute atomic E-state index is 0.155. The normalized spacial score (nSPS) is 16.2. The van der Waals surface area contributed by atoms with Crippen molar-refractivity contribution in [1.82, 2.24) is 10.3 Å². The smallest absolute Gasteiger partial charge is 0.261 e. The topological polar surface area (TPSA) is 62.0 Å². The summed E-state index contributed by atoms with van der Waals surface area (Å²) in [6.07, 6.45) is 3.94. The summed E-state index contributed by atoms with van der Waals surface area (Å²) in [5.41, 5.74) is 1.93. The predicted molar refractivity (Wildman–Crippen MR) is 75.5 cm³/mol. The Kier molecular flexibility index (Phi) is 4.08. The zero-order valence-electron chi connectivity index (χ0n) is 11.9. The summed E-state index contributed by atoms with van der Waals surface area (Å²) >= 11 is 0. The van der Waals surface area contributed by atoms with Crippen LogP contribution in [0.2, 0.25) is 0 Å². The van der Waals surface area contributed by atoms with Gasteiger partial charge in [0.15, 0.2) is 0 Å². The van der Waals surface area contributed by atoms with Crippen molar-refractivity contribution >= 4 is 5.91 Å². The number of hydrogen-bond acceptors (Lipinski definition) is 2. The number of carbonyl (C=O) groups is 1. The fraction of sp³-hybridized carbons (Fsp3) is 0.600. The van der Waals surface area contributed by atoms with E-state index in [-0.39, 0.29) is 23.1 Å². The van der Waals surface area contributed by atoms with Gasteiger partial charge in [0.25, 0.3) is 11.5 Å². The van der Waals surface area contributed by atoms with E-state index in [0.717, 1.165) is 24.1 Å². The molecule has 0 saturated heterocycles. The van der Waals surface area contributed by atoms with E-state index in [1.807, 2.05) is 20.8 Å². The second kappa shape index (κ2) is 5.59. The van der Waals surface area contributed by atoms with Crippen LogP contribution in [0, 0.1) is 5.92 Å². The number of nitrogens with one attached hydrogen (secondary N) is 2. The van der Waals surface area contributed by atoms with Gasteiger partial charge in [0.2, 0.25) is 0 Å². The summed E-state index contributed by atoms with van der Waals surface area (Å²) in [6, 6.07) is 1.90. The molecule has 2 rings (SSSR count). The molecule has 4 heteroatoms. The highest BCUT2D eigenvalue weighted by Gasteiger charge is 2.29. The van der Waals surface area contributed by atoms with Crippen molar-refractivity contribution in [1.29, 1.82) is 0 Å². The van der Waals surface area contributed by atoms with Crippen molar-refractivity contribution in [2.75, 3.05) is 0 Å². The van der Waals surface area contributed by atoms with E-state index < -0.39 is 0 Å². The van der Waals surface area contributed by atoms with E-state index in [1.165, 1.54) is 12.8 Å². The van der Waals surface area contributed by atoms with Crippen molar-refractivity contribution in [3.8, 4) is 0 Å². The van der Waals surface area contributed by atoms with Crippen LogP contribution in [0.4, 0.5) is 0 Å². The molecule has 1 aliphatic rings. The molecule has 0 bridgehead atoms. The van der Waals surface area contributed by atoms with Crippen molar-refractivity contribution in [3.63, 3.8) is 0 Å². The Morgan fingerprint density at radius 3 is 2.63 bits per heavy atom. The average molecular weight is 262 g/mol. The number of carbonyl (C=O) groups excluding carboxylic acids is 1. The van der Waals surface area contributed by atoms with E-state index in [2.05, 4.69) is 10.3 Å². The van der Waals surface area contributed by atoms with Crippen molar-refractivity contribution in [2.45, 2.75) is 52.5 Å². The minimum atomic E-state index is -0.283. The molecule has 0 unspecified atom stereocenters. The third kappa shape index (κ3) is 3.06. The van der Waals surface area contributed by atoms with Gasteiger partial charge < -0.3 is 10.3 Å². The molecular formula is C15H22N2O2. The second-order valence-electron chi connectivity index (χ2n) is 5.32. The minimum Gasteiger partial charge on any atom is -0.349 e. The van der Waals surface area contributed by atoms with Gasteiger partial charge in [0.1, 0.15) is 5.56 Å². The molecule has 2 N–H and O–H groups in total. The molecule has 19 heavy (non-hydrogen) atoms. The van der Waals surface area contributed by atoms with Crippen LogP contribution < -0.4 is 10.9 Å². The first-order valence-electron chi connectivity index (χ1n) is 7.12. The number of aryl methyl sites for hydroxylation is 2. The summed E-state index contributed by atoms with van der Waals surface area (Å²) in [5.74, 6) is 0.335. The maximum Gasteiger partial charge on any atom is 0.261 e. The van der Waals surface area contributed by atoms with Crippen molar-refractivity contribution in [2.24, 2.45) is 5.92 Å². The zero-order valence-corrected chi connectivity index (χ0v) is 11.9. The Balaban J connectivity index is 2.23. The number of pyridine rings is 1. The quantitative estimate of drug-likeness (QED) is 0.853. The van der Waals surface area contributed by atoms with Gasteiger partial charge in [0.05, 0.1) is 0 Å². The van der Waals surface area contributed by atoms with Crippen LogP contribution >= 0.6 is 0 Å². The lowest BCUT2D eigenvalue weighted by molar-refractivity contribution is 0.0934. The summed E-state index contributed by atoms with van der Waals surface area (Å²) in [7, 11) is 0. The van der Waals surface area contributed by atoms with Gasteiger partial charge in [-0.1, -0.05) is 13.8 Å². The fourth-order valence-corrected chi connectivity index (χ4v) is 2.41. The largest absolute Gasteiger partial charge is 0.349 e. The Labute approximate surface area is 113 Å². The molecule has 0 aromatic carbocycles. The van der Waals surface area contributed by atoms with Crippen molar-refractivity contribution < 1.29 is 4.79 Å². The van der Waals surface area contributed by atoms with Gasteiger partial charge in [-0.05, 0) is 50.2 Å². The lowest BCUT2D eigenvalue weighted by Crippen LogP contribution is -2.37. The first-order chi connectivity index (χ1) is 9.06. The maximum absolute atomic E-state index is 12.1. The number of aromatic amines is 1. The Morgan fingerprint density at radius 2 is 2.11 bits per heavy atom. The molecule has 1 fully saturated rings. The molecule has 1 atom stereocenters. The average Bonchev–Trinajstić information content (AvgIpc) is 3.22. The van der Waals surface area contributed by atoms with E-state index in [1.54, 1.807) is 6.07 Å². The lowest BCUT2D eigenvalue weighted by Gasteiger charge is -2.13. The van der Waals surface area contributed by atoms with Crippen LogP contribution in [-0.2, 0) is 12.8 Å². The highest BCUT2D eigenvalue weighted by atomic mass is 16.2. The van der Waals surface area contributed by atoms with Gasteiger partial charge in [0, 0.05) is 11.7 Å². The molecule has 1 saturated carbocycles. The monoisotopic (exact) mass is 262 g/mol. The first kappa shape index (κ1) is 13.8. The van der Waals surface area contributed by atoms with E-state index in [4.69, 9.17) is 0 Å². The Hall–Kier alpha value is -1.58. The molecule has 1 aromatic heterocycles. The van der Waals surface area contributed by atoms with E-state index in [0.29, 0.717) is 5.92 Å². The van der Waals surface area contributed by atoms with Gasteiger partial charge in [-0.2, -0.15) is 0 Å². The third-order valence-corrected chi connectivity index (χ3v) is 3.88. The molecule has 1 aliphatic carbocycles. The summed E-state index contributed by atoms with van der Waals surface area (Å²) in [4.78, 5) is 26.9. The highest BCUT2D eigenvalue weighted by Crippen LogP contribution is 2.32. The first-order valence-corrected chi connectivity index (χ1v) is 7.12. The lowest BCUT2D eigenvalue weighted by atomic mass is 10.1. The van der Waals surface area contributed by atoms with Crippen molar-refractivity contribution in [3.05, 3.63) is 33.2 Å². The zero-order chi connectivity index (χ0) is 14.0. The predicted octanol–water partition coefficient (Wildman–Crippen LogP) is 2.03. The standard InChI is InChI=1S/C15H22N2O2/c1-4-10-8-12(15(19)17-13(10)5-2)14(18)16-9(3)11-6-7-11/h8-9,11H,4-7H2,1-3H3,(H,16,18)(H,17,19)/t9-/m1/s1. The molecule has 104 valence electrons. The fourth-order valence-electron chi connectivity index (χ4n) is 2.41. The summed E-state index contributed by atoms with van der Waals surface area (Å²) < 4.78 is 0. The van der Waals surface area contributed by atoms with Gasteiger partial charge in [-0.25, -0.2) is 0 Å². The van der Waals surface area contributed by atoms with Crippen LogP contribution in [0.3, 0.4) is 0 Å². The number of rotatable bonds is 5. The summed E-state index contributed by atoms with van der Waals surface area (Å²) in [5, 5.41) is 2.93. The molecule has 1 amide bonds. The Bertz CT molecular complexity index is 529. The number of hydrogen-bond donors (Lipinski definition) is 2. The molecule has 1 aromatic rings. The molecule has 0 spiro atoms. The van der Waals surface area contributed by atoms with Gasteiger partial charge >= 0.3 is 0 Å². The summed E-state index contributed by atoms with van der Waals surface area (Å²) in [6.45, 7) is 6.03. The Morgan fingerprint density at radius 1 is 1.42 bits per heavy atom. The number of aromatic nitrogens is 1. The van der Waals surface area contributed by atoms with Crippen LogP contribution in [-0.4, -0.2) is 16.9 Å². The number of amides is 1. The van der Waals surface area contributed by atoms with Crippen LogP contribution in [0.1, 0.15) is 55.2 Å². The van der Waals surface area contributed by atoms with Crippen LogP contribution in [0.15, 0.2) is 10.9 Å². The van der Waals surface area contributed by atoms with E-state index in [9.17, 15) is 9.59 Å².